The number of aliphatic carboxylic acids is 1. The summed E-state index contributed by atoms with van der Waals surface area (Å²) in [7, 11) is 0. The molecule has 0 spiro atoms. The Morgan fingerprint density at radius 3 is 2.54 bits per heavy atom. The fourth-order valence-electron chi connectivity index (χ4n) is 3.50. The Labute approximate surface area is 230 Å². The van der Waals surface area contributed by atoms with Crippen LogP contribution in [0.1, 0.15) is 33.4 Å². The number of carboxylic acid groups (broad SMARTS) is 1. The lowest BCUT2D eigenvalue weighted by molar-refractivity contribution is -0.164. The minimum absolute atomic E-state index is 0.0567. The van der Waals surface area contributed by atoms with Crippen LogP contribution in [-0.4, -0.2) is 80.8 Å². The van der Waals surface area contributed by atoms with Crippen molar-refractivity contribution in [3.8, 4) is 0 Å². The molecule has 16 heteroatoms. The standard InChI is InChI=1S/C21H24Cl2N4O8S2/c1-9(28)34-7-21(17(31)32)6-27-15(30)12(16(27)37-8-21)25-14(29)11(13(22)23)10-5-36-18(24-10)26-19(33)35-20(2,3)4/h5,12,16H,6-8H2,1-4H3,(H,25,29)(H,31,32)(H,24,26,33)/t12?,16-,21?/m1/s1. The maximum Gasteiger partial charge on any atom is 0.413 e. The molecule has 3 N–H and O–H groups in total. The minimum Gasteiger partial charge on any atom is -0.481 e. The largest absolute Gasteiger partial charge is 0.481 e. The van der Waals surface area contributed by atoms with E-state index < -0.39 is 56.8 Å². The summed E-state index contributed by atoms with van der Waals surface area (Å²) in [5.74, 6) is -3.05. The Bertz CT molecular complexity index is 1160. The quantitative estimate of drug-likeness (QED) is 0.243. The predicted molar refractivity (Wildman–Crippen MR) is 137 cm³/mol. The molecule has 37 heavy (non-hydrogen) atoms. The minimum atomic E-state index is -1.46. The molecular weight excluding hydrogens is 571 g/mol. The Morgan fingerprint density at radius 1 is 1.30 bits per heavy atom. The van der Waals surface area contributed by atoms with E-state index in [1.54, 1.807) is 20.8 Å². The van der Waals surface area contributed by atoms with Crippen molar-refractivity contribution in [2.45, 2.75) is 44.7 Å². The Balaban J connectivity index is 1.67. The van der Waals surface area contributed by atoms with E-state index in [1.165, 1.54) is 17.2 Å². The molecule has 2 saturated heterocycles. The first kappa shape index (κ1) is 29.0. The highest BCUT2D eigenvalue weighted by atomic mass is 35.5. The molecular formula is C21H24Cl2N4O8S2. The second kappa shape index (κ2) is 11.1. The SMILES string of the molecule is CC(=O)OCC1(C(=O)O)CS[C@@H]2C(NC(=O)C(=C(Cl)Cl)c3csc(NC(=O)OC(C)(C)C)n3)C(=O)N2C1. The number of rotatable bonds is 7. The zero-order valence-corrected chi connectivity index (χ0v) is 23.3. The van der Waals surface area contributed by atoms with Gasteiger partial charge < -0.3 is 24.8 Å². The number of β-lactam (4-membered cyclic amide) rings is 1. The van der Waals surface area contributed by atoms with E-state index in [4.69, 9.17) is 32.7 Å². The molecule has 1 aromatic heterocycles. The number of nitrogens with one attached hydrogen (secondary N) is 2. The third kappa shape index (κ3) is 6.67. The molecule has 0 radical (unpaired) electrons. The Kier molecular flexibility index (Phi) is 8.67. The van der Waals surface area contributed by atoms with Crippen molar-refractivity contribution in [2.75, 3.05) is 24.2 Å². The number of aromatic nitrogens is 1. The number of fused-ring (bicyclic) bond motifs is 1. The van der Waals surface area contributed by atoms with E-state index >= 15 is 0 Å². The van der Waals surface area contributed by atoms with Gasteiger partial charge in [0.25, 0.3) is 5.91 Å². The lowest BCUT2D eigenvalue weighted by Gasteiger charge is -2.53. The molecule has 1 aromatic rings. The first-order valence-corrected chi connectivity index (χ1v) is 13.4. The lowest BCUT2D eigenvalue weighted by Crippen LogP contribution is -2.74. The van der Waals surface area contributed by atoms with Crippen LogP contribution in [-0.2, 0) is 28.7 Å². The number of halogens is 2. The summed E-state index contributed by atoms with van der Waals surface area (Å²) < 4.78 is 9.68. The first-order chi connectivity index (χ1) is 17.1. The van der Waals surface area contributed by atoms with Gasteiger partial charge in [-0.05, 0) is 20.8 Å². The number of nitrogens with zero attached hydrogens (tertiary/aromatic N) is 2. The van der Waals surface area contributed by atoms with E-state index in [0.717, 1.165) is 23.1 Å². The molecule has 0 bridgehead atoms. The summed E-state index contributed by atoms with van der Waals surface area (Å²) in [6, 6.07) is -0.960. The Hall–Kier alpha value is -2.55. The normalized spacial score (nSPS) is 22.8. The zero-order chi connectivity index (χ0) is 27.7. The summed E-state index contributed by atoms with van der Waals surface area (Å²) in [4.78, 5) is 66.4. The maximum atomic E-state index is 13.0. The van der Waals surface area contributed by atoms with Crippen molar-refractivity contribution in [2.24, 2.45) is 5.41 Å². The van der Waals surface area contributed by atoms with E-state index in [-0.39, 0.29) is 35.3 Å². The van der Waals surface area contributed by atoms with Crippen LogP contribution in [0.3, 0.4) is 0 Å². The van der Waals surface area contributed by atoms with Crippen molar-refractivity contribution in [1.29, 1.82) is 0 Å². The molecule has 3 heterocycles. The predicted octanol–water partition coefficient (Wildman–Crippen LogP) is 2.67. The molecule has 3 amide bonds. The van der Waals surface area contributed by atoms with Crippen molar-refractivity contribution >= 4 is 86.9 Å². The van der Waals surface area contributed by atoms with Gasteiger partial charge in [-0.2, -0.15) is 0 Å². The third-order valence-corrected chi connectivity index (χ3v) is 7.94. The van der Waals surface area contributed by atoms with Crippen molar-refractivity contribution < 1.29 is 38.6 Å². The van der Waals surface area contributed by atoms with E-state index in [9.17, 15) is 29.1 Å². The second-order valence-corrected chi connectivity index (χ2v) is 12.2. The van der Waals surface area contributed by atoms with Crippen molar-refractivity contribution in [3.05, 3.63) is 15.6 Å². The third-order valence-electron chi connectivity index (χ3n) is 5.22. The molecule has 0 saturated carbocycles. The van der Waals surface area contributed by atoms with Gasteiger partial charge in [0.15, 0.2) is 5.13 Å². The number of carbonyl (C=O) groups is 5. The number of carboxylic acids is 1. The summed E-state index contributed by atoms with van der Waals surface area (Å²) >= 11 is 14.1. The first-order valence-electron chi connectivity index (χ1n) is 10.7. The van der Waals surface area contributed by atoms with Crippen LogP contribution in [0.25, 0.3) is 5.57 Å². The molecule has 3 rings (SSSR count). The number of hydrogen-bond donors (Lipinski definition) is 3. The van der Waals surface area contributed by atoms with Crippen LogP contribution in [0.4, 0.5) is 9.93 Å². The molecule has 2 aliphatic rings. The number of thiazole rings is 1. The highest BCUT2D eigenvalue weighted by molar-refractivity contribution is 8.00. The molecule has 0 aromatic carbocycles. The van der Waals surface area contributed by atoms with Crippen LogP contribution in [0, 0.1) is 5.41 Å². The number of esters is 1. The summed E-state index contributed by atoms with van der Waals surface area (Å²) in [6.07, 6.45) is -0.735. The number of thioether (sulfide) groups is 1. The van der Waals surface area contributed by atoms with Crippen LogP contribution >= 0.6 is 46.3 Å². The lowest BCUT2D eigenvalue weighted by atomic mass is 9.88. The maximum absolute atomic E-state index is 13.0. The van der Waals surface area contributed by atoms with Gasteiger partial charge in [-0.25, -0.2) is 9.78 Å². The highest BCUT2D eigenvalue weighted by Gasteiger charge is 2.58. The van der Waals surface area contributed by atoms with E-state index in [1.807, 2.05) is 0 Å². The number of carbonyl (C=O) groups excluding carboxylic acids is 4. The van der Waals surface area contributed by atoms with E-state index in [2.05, 4.69) is 15.6 Å². The van der Waals surface area contributed by atoms with Gasteiger partial charge in [-0.15, -0.1) is 23.1 Å². The monoisotopic (exact) mass is 594 g/mol. The summed E-state index contributed by atoms with van der Waals surface area (Å²) in [6.45, 7) is 5.72. The van der Waals surface area contributed by atoms with Crippen molar-refractivity contribution in [1.82, 2.24) is 15.2 Å². The molecule has 2 unspecified atom stereocenters. The van der Waals surface area contributed by atoms with Crippen LogP contribution in [0.5, 0.6) is 0 Å². The molecule has 2 fully saturated rings. The fourth-order valence-corrected chi connectivity index (χ4v) is 6.07. The molecule has 0 aliphatic carbocycles. The van der Waals surface area contributed by atoms with Gasteiger partial charge in [0.2, 0.25) is 5.91 Å². The van der Waals surface area contributed by atoms with Crippen molar-refractivity contribution in [3.63, 3.8) is 0 Å². The highest BCUT2D eigenvalue weighted by Crippen LogP contribution is 2.42. The summed E-state index contributed by atoms with van der Waals surface area (Å²) in [5, 5.41) is 15.8. The molecule has 202 valence electrons. The fraction of sp³-hybridized carbons (Fsp3) is 0.524. The second-order valence-electron chi connectivity index (χ2n) is 9.28. The average molecular weight is 595 g/mol. The van der Waals surface area contributed by atoms with Gasteiger partial charge in [0.05, 0.1) is 11.3 Å². The van der Waals surface area contributed by atoms with E-state index in [0.29, 0.717) is 0 Å². The smallest absolute Gasteiger partial charge is 0.413 e. The topological polar surface area (TPSA) is 164 Å². The summed E-state index contributed by atoms with van der Waals surface area (Å²) in [5.41, 5.74) is -2.32. The Morgan fingerprint density at radius 2 is 1.97 bits per heavy atom. The van der Waals surface area contributed by atoms with Crippen LogP contribution < -0.4 is 10.6 Å². The molecule has 12 nitrogen and oxygen atoms in total. The average Bonchev–Trinajstić information content (AvgIpc) is 3.21. The van der Waals surface area contributed by atoms with Gasteiger partial charge >= 0.3 is 18.0 Å². The van der Waals surface area contributed by atoms with Crippen LogP contribution in [0.15, 0.2) is 9.87 Å². The number of ether oxygens (including phenoxy) is 2. The zero-order valence-electron chi connectivity index (χ0n) is 20.1. The number of amides is 3. The number of anilines is 1. The molecule has 3 atom stereocenters. The van der Waals surface area contributed by atoms with Gasteiger partial charge in [0.1, 0.15) is 33.5 Å². The van der Waals surface area contributed by atoms with Gasteiger partial charge in [0, 0.05) is 24.6 Å². The number of hydrogen-bond acceptors (Lipinski definition) is 10. The molecule has 2 aliphatic heterocycles. The van der Waals surface area contributed by atoms with Gasteiger partial charge in [-0.1, -0.05) is 23.2 Å². The van der Waals surface area contributed by atoms with Gasteiger partial charge in [-0.3, -0.25) is 24.5 Å². The van der Waals surface area contributed by atoms with Crippen LogP contribution in [0.2, 0.25) is 0 Å².